The van der Waals surface area contributed by atoms with Crippen molar-refractivity contribution < 1.29 is 4.79 Å². The molecule has 0 saturated carbocycles. The number of rotatable bonds is 4. The van der Waals surface area contributed by atoms with Crippen LogP contribution in [0.25, 0.3) is 16.5 Å². The molecule has 8 nitrogen and oxygen atoms in total. The number of carbonyl (C=O) groups is 1. The molecule has 0 aliphatic heterocycles. The summed E-state index contributed by atoms with van der Waals surface area (Å²) in [4.78, 5) is 30.0. The number of nitrogen functional groups attached to an aromatic ring is 1. The number of halogens is 1. The van der Waals surface area contributed by atoms with E-state index in [4.69, 9.17) is 17.3 Å². The van der Waals surface area contributed by atoms with Gasteiger partial charge in [-0.3, -0.25) is 14.2 Å². The fourth-order valence-corrected chi connectivity index (χ4v) is 3.56. The fraction of sp³-hybridized carbons (Fsp3) is 0.0952. The van der Waals surface area contributed by atoms with Crippen molar-refractivity contribution in [2.75, 3.05) is 5.73 Å². The lowest BCUT2D eigenvalue weighted by Gasteiger charge is -2.21. The molecule has 4 rings (SSSR count). The van der Waals surface area contributed by atoms with E-state index >= 15 is 0 Å². The van der Waals surface area contributed by atoms with Gasteiger partial charge in [0, 0.05) is 11.4 Å². The molecule has 30 heavy (non-hydrogen) atoms. The van der Waals surface area contributed by atoms with Gasteiger partial charge in [-0.2, -0.15) is 0 Å². The molecule has 0 aliphatic rings. The number of fused-ring (bicyclic) bond motifs is 1. The molecule has 0 radical (unpaired) electrons. The number of nitrogens with zero attached hydrogens (tertiary/aromatic N) is 4. The Morgan fingerprint density at radius 1 is 1.17 bits per heavy atom. The van der Waals surface area contributed by atoms with Crippen LogP contribution in [0.15, 0.2) is 65.7 Å². The number of hydrogen-bond acceptors (Lipinski definition) is 6. The number of anilines is 1. The van der Waals surface area contributed by atoms with Crippen LogP contribution < -0.4 is 16.6 Å². The molecule has 1 atom stereocenters. The quantitative estimate of drug-likeness (QED) is 0.524. The molecule has 0 fully saturated rings. The van der Waals surface area contributed by atoms with Gasteiger partial charge in [0.2, 0.25) is 0 Å². The van der Waals surface area contributed by atoms with Crippen molar-refractivity contribution in [1.29, 1.82) is 0 Å². The largest absolute Gasteiger partial charge is 0.380 e. The van der Waals surface area contributed by atoms with Gasteiger partial charge in [0.1, 0.15) is 6.33 Å². The van der Waals surface area contributed by atoms with Crippen molar-refractivity contribution in [3.05, 3.63) is 87.7 Å². The Morgan fingerprint density at radius 3 is 2.67 bits per heavy atom. The third-order valence-electron chi connectivity index (χ3n) is 4.69. The smallest absolute Gasteiger partial charge is 0.274 e. The topological polar surface area (TPSA) is 116 Å². The molecule has 0 aliphatic carbocycles. The van der Waals surface area contributed by atoms with E-state index in [0.29, 0.717) is 27.2 Å². The fourth-order valence-electron chi connectivity index (χ4n) is 3.30. The zero-order valence-corrected chi connectivity index (χ0v) is 16.7. The predicted octanol–water partition coefficient (Wildman–Crippen LogP) is 2.90. The summed E-state index contributed by atoms with van der Waals surface area (Å²) >= 11 is 6.32. The van der Waals surface area contributed by atoms with Crippen molar-refractivity contribution in [3.63, 3.8) is 0 Å². The van der Waals surface area contributed by atoms with Gasteiger partial charge in [0.25, 0.3) is 11.5 Å². The van der Waals surface area contributed by atoms with Crippen LogP contribution >= 0.6 is 11.6 Å². The number of para-hydroxylation sites is 1. The maximum Gasteiger partial charge on any atom is 0.274 e. The Morgan fingerprint density at radius 2 is 1.93 bits per heavy atom. The third kappa shape index (κ3) is 3.48. The van der Waals surface area contributed by atoms with Gasteiger partial charge < -0.3 is 11.1 Å². The standard InChI is InChI=1S/C21H17ClN6O2/c1-12(26-20(29)18-19(23)27-25-11-24-18)16-10-13-6-5-9-15(22)17(13)21(30)28(16)14-7-3-2-4-8-14/h2-12H,1H3,(H2,23,27)(H,26,29)/t12-/m0/s1. The minimum atomic E-state index is -0.553. The number of pyridine rings is 1. The molecule has 9 heteroatoms. The van der Waals surface area contributed by atoms with E-state index in [1.807, 2.05) is 42.5 Å². The zero-order valence-electron chi connectivity index (χ0n) is 15.9. The molecule has 4 aromatic rings. The average Bonchev–Trinajstić information content (AvgIpc) is 2.74. The monoisotopic (exact) mass is 420 g/mol. The van der Waals surface area contributed by atoms with E-state index in [1.165, 1.54) is 0 Å². The van der Waals surface area contributed by atoms with Crippen molar-refractivity contribution in [3.8, 4) is 5.69 Å². The van der Waals surface area contributed by atoms with E-state index in [0.717, 1.165) is 6.33 Å². The normalized spacial score (nSPS) is 11.9. The van der Waals surface area contributed by atoms with Gasteiger partial charge in [-0.1, -0.05) is 41.9 Å². The van der Waals surface area contributed by atoms with Crippen molar-refractivity contribution in [1.82, 2.24) is 25.1 Å². The van der Waals surface area contributed by atoms with Gasteiger partial charge in [0.05, 0.1) is 16.5 Å². The second-order valence-electron chi connectivity index (χ2n) is 6.64. The molecule has 2 aromatic carbocycles. The summed E-state index contributed by atoms with van der Waals surface area (Å²) in [5.74, 6) is -0.596. The van der Waals surface area contributed by atoms with E-state index in [-0.39, 0.29) is 17.1 Å². The van der Waals surface area contributed by atoms with Crippen LogP contribution in [0.3, 0.4) is 0 Å². The van der Waals surface area contributed by atoms with Gasteiger partial charge >= 0.3 is 0 Å². The van der Waals surface area contributed by atoms with Crippen LogP contribution in [0, 0.1) is 0 Å². The minimum absolute atomic E-state index is 0.0331. The molecule has 3 N–H and O–H groups in total. The summed E-state index contributed by atoms with van der Waals surface area (Å²) < 4.78 is 1.54. The van der Waals surface area contributed by atoms with E-state index in [9.17, 15) is 9.59 Å². The van der Waals surface area contributed by atoms with Crippen LogP contribution in [0.5, 0.6) is 0 Å². The maximum absolute atomic E-state index is 13.4. The lowest BCUT2D eigenvalue weighted by Crippen LogP contribution is -2.33. The lowest BCUT2D eigenvalue weighted by molar-refractivity contribution is 0.0934. The van der Waals surface area contributed by atoms with Crippen LogP contribution in [0.1, 0.15) is 29.1 Å². The summed E-state index contributed by atoms with van der Waals surface area (Å²) in [5.41, 5.74) is 6.63. The van der Waals surface area contributed by atoms with Gasteiger partial charge in [-0.05, 0) is 36.6 Å². The number of benzene rings is 2. The Kier molecular flexibility index (Phi) is 5.16. The molecule has 2 heterocycles. The number of hydrogen-bond donors (Lipinski definition) is 2. The highest BCUT2D eigenvalue weighted by molar-refractivity contribution is 6.35. The molecule has 0 bridgehead atoms. The molecule has 150 valence electrons. The van der Waals surface area contributed by atoms with Crippen LogP contribution in [0.2, 0.25) is 5.02 Å². The first kappa shape index (κ1) is 19.5. The van der Waals surface area contributed by atoms with E-state index in [1.54, 1.807) is 23.6 Å². The molecular formula is C21H17ClN6O2. The van der Waals surface area contributed by atoms with E-state index in [2.05, 4.69) is 20.5 Å². The molecule has 0 unspecified atom stereocenters. The highest BCUT2D eigenvalue weighted by Gasteiger charge is 2.21. The Balaban J connectivity index is 1.86. The van der Waals surface area contributed by atoms with Gasteiger partial charge in [0.15, 0.2) is 11.5 Å². The molecule has 2 aromatic heterocycles. The van der Waals surface area contributed by atoms with Crippen LogP contribution in [0.4, 0.5) is 5.82 Å². The number of amides is 1. The highest BCUT2D eigenvalue weighted by Crippen LogP contribution is 2.25. The first-order valence-corrected chi connectivity index (χ1v) is 9.49. The van der Waals surface area contributed by atoms with Crippen LogP contribution in [-0.2, 0) is 0 Å². The molecular weight excluding hydrogens is 404 g/mol. The summed E-state index contributed by atoms with van der Waals surface area (Å²) in [6, 6.07) is 15.7. The lowest BCUT2D eigenvalue weighted by atomic mass is 10.1. The molecule has 1 amide bonds. The SMILES string of the molecule is C[C@H](NC(=O)c1ncnnc1N)c1cc2cccc(Cl)c2c(=O)n1-c1ccccc1. The second kappa shape index (κ2) is 7.92. The Labute approximate surface area is 176 Å². The number of nitrogens with one attached hydrogen (secondary N) is 1. The maximum atomic E-state index is 13.4. The van der Waals surface area contributed by atoms with Crippen LogP contribution in [-0.4, -0.2) is 25.7 Å². The summed E-state index contributed by atoms with van der Waals surface area (Å²) in [6.45, 7) is 1.77. The summed E-state index contributed by atoms with van der Waals surface area (Å²) in [5, 5.41) is 11.5. The first-order chi connectivity index (χ1) is 14.5. The number of nitrogens with two attached hydrogens (primary N) is 1. The Bertz CT molecular complexity index is 1310. The van der Waals surface area contributed by atoms with Crippen molar-refractivity contribution in [2.24, 2.45) is 0 Å². The van der Waals surface area contributed by atoms with Crippen molar-refractivity contribution >= 4 is 34.1 Å². The highest BCUT2D eigenvalue weighted by atomic mass is 35.5. The number of aromatic nitrogens is 4. The summed E-state index contributed by atoms with van der Waals surface area (Å²) in [6.07, 6.45) is 1.15. The zero-order chi connectivity index (χ0) is 21.3. The second-order valence-corrected chi connectivity index (χ2v) is 7.05. The average molecular weight is 421 g/mol. The molecule has 0 spiro atoms. The third-order valence-corrected chi connectivity index (χ3v) is 5.01. The Hall–Kier alpha value is -3.78. The number of carbonyl (C=O) groups excluding carboxylic acids is 1. The molecule has 0 saturated heterocycles. The summed E-state index contributed by atoms with van der Waals surface area (Å²) in [7, 11) is 0. The first-order valence-electron chi connectivity index (χ1n) is 9.11. The van der Waals surface area contributed by atoms with Gasteiger partial charge in [-0.15, -0.1) is 10.2 Å². The van der Waals surface area contributed by atoms with E-state index < -0.39 is 11.9 Å². The van der Waals surface area contributed by atoms with Gasteiger partial charge in [-0.25, -0.2) is 4.98 Å². The predicted molar refractivity (Wildman–Crippen MR) is 115 cm³/mol. The minimum Gasteiger partial charge on any atom is -0.380 e. The van der Waals surface area contributed by atoms with Crippen molar-refractivity contribution in [2.45, 2.75) is 13.0 Å².